The molecule has 0 saturated carbocycles. The summed E-state index contributed by atoms with van der Waals surface area (Å²) in [7, 11) is 0. The molecule has 0 heterocycles. The number of aliphatic hydroxyl groups is 1. The molecule has 0 bridgehead atoms. The van der Waals surface area contributed by atoms with Crippen molar-refractivity contribution in [2.45, 2.75) is 13.5 Å². The van der Waals surface area contributed by atoms with Crippen molar-refractivity contribution < 1.29 is 7.85 Å². The highest BCUT2D eigenvalue weighted by Crippen LogP contribution is 2.05. The lowest BCUT2D eigenvalue weighted by molar-refractivity contribution is 0.281. The first-order valence-corrected chi connectivity index (χ1v) is 2.80. The van der Waals surface area contributed by atoms with E-state index in [2.05, 4.69) is 0 Å². The minimum Gasteiger partial charge on any atom is -0.392 e. The predicted molar refractivity (Wildman–Crippen MR) is 37.1 cm³/mol. The third-order valence-corrected chi connectivity index (χ3v) is 1.27. The highest BCUT2D eigenvalue weighted by molar-refractivity contribution is 5.24. The Hall–Kier alpha value is -0.820. The van der Waals surface area contributed by atoms with Crippen LogP contribution in [0.1, 0.15) is 13.9 Å². The van der Waals surface area contributed by atoms with E-state index in [4.69, 9.17) is 7.85 Å². The van der Waals surface area contributed by atoms with Crippen LogP contribution < -0.4 is 0 Å². The van der Waals surface area contributed by atoms with Gasteiger partial charge in [-0.3, -0.25) is 0 Å². The molecule has 1 rings (SSSR count). The van der Waals surface area contributed by atoms with Crippen LogP contribution >= 0.6 is 0 Å². The van der Waals surface area contributed by atoms with Gasteiger partial charge in [0.05, 0.1) is 9.30 Å². The number of hydrogen-bond acceptors (Lipinski definition) is 1. The third kappa shape index (κ3) is 1.30. The van der Waals surface area contributed by atoms with E-state index in [0.29, 0.717) is 5.56 Å². The van der Waals surface area contributed by atoms with Crippen LogP contribution in [-0.2, 0) is 6.56 Å². The summed E-state index contributed by atoms with van der Waals surface area (Å²) in [6.07, 6.45) is 0. The maximum atomic E-state index is 9.00. The Labute approximate surface area is 57.8 Å². The van der Waals surface area contributed by atoms with Crippen LogP contribution in [0.2, 0.25) is 0 Å². The molecule has 48 valence electrons. The number of benzene rings is 1. The molecule has 0 unspecified atom stereocenters. The second-order valence-corrected chi connectivity index (χ2v) is 1.93. The van der Waals surface area contributed by atoms with Crippen molar-refractivity contribution in [1.29, 1.82) is 0 Å². The van der Waals surface area contributed by atoms with Gasteiger partial charge in [-0.2, -0.15) is 0 Å². The fraction of sp³-hybridized carbons (Fsp3) is 0.250. The summed E-state index contributed by atoms with van der Waals surface area (Å²) in [4.78, 5) is 0. The average Bonchev–Trinajstić information content (AvgIpc) is 1.86. The first kappa shape index (κ1) is 4.07. The van der Waals surface area contributed by atoms with Gasteiger partial charge in [0, 0.05) is 0 Å². The van der Waals surface area contributed by atoms with Gasteiger partial charge in [-0.25, -0.2) is 0 Å². The fourth-order valence-corrected chi connectivity index (χ4v) is 0.698. The highest BCUT2D eigenvalue weighted by Gasteiger charge is 1.90. The van der Waals surface area contributed by atoms with Crippen LogP contribution in [0.4, 0.5) is 0 Å². The Kier molecular flexibility index (Phi) is 1.20. The van der Waals surface area contributed by atoms with Crippen LogP contribution in [0.5, 0.6) is 0 Å². The van der Waals surface area contributed by atoms with Gasteiger partial charge in [0.2, 0.25) is 0 Å². The van der Waals surface area contributed by atoms with E-state index < -0.39 is 6.56 Å². The smallest absolute Gasteiger partial charge is 0.0684 e. The maximum Gasteiger partial charge on any atom is 0.0684 e. The first-order chi connectivity index (χ1) is 5.02. The van der Waals surface area contributed by atoms with Crippen molar-refractivity contribution in [1.82, 2.24) is 0 Å². The molecule has 0 spiro atoms. The quantitative estimate of drug-likeness (QED) is 0.601. The number of aryl methyl sites for hydroxylation is 1. The molecule has 0 saturated heterocycles. The van der Waals surface area contributed by atoms with Crippen molar-refractivity contribution >= 4 is 0 Å². The molecule has 0 aliphatic rings. The molecule has 1 aromatic carbocycles. The standard InChI is InChI=1S/C8H10O/c1-7-4-2-3-5-8(7)6-9/h2-5,9H,6H2,1H3/i6D2. The van der Waals surface area contributed by atoms with Crippen LogP contribution in [0.25, 0.3) is 0 Å². The van der Waals surface area contributed by atoms with E-state index >= 15 is 0 Å². The molecule has 0 amide bonds. The van der Waals surface area contributed by atoms with Gasteiger partial charge in [0.25, 0.3) is 0 Å². The van der Waals surface area contributed by atoms with Gasteiger partial charge in [0.1, 0.15) is 0 Å². The van der Waals surface area contributed by atoms with Crippen LogP contribution in [0.15, 0.2) is 24.3 Å². The minimum absolute atomic E-state index is 0.333. The Balaban J connectivity index is 3.14. The molecular weight excluding hydrogens is 112 g/mol. The van der Waals surface area contributed by atoms with Gasteiger partial charge < -0.3 is 5.11 Å². The van der Waals surface area contributed by atoms with Gasteiger partial charge in [0.15, 0.2) is 0 Å². The van der Waals surface area contributed by atoms with Crippen LogP contribution in [0.3, 0.4) is 0 Å². The number of rotatable bonds is 1. The summed E-state index contributed by atoms with van der Waals surface area (Å²) >= 11 is 0. The van der Waals surface area contributed by atoms with E-state index in [-0.39, 0.29) is 0 Å². The van der Waals surface area contributed by atoms with Crippen molar-refractivity contribution in [2.75, 3.05) is 0 Å². The second-order valence-electron chi connectivity index (χ2n) is 1.93. The molecule has 0 aliphatic carbocycles. The molecule has 0 aromatic heterocycles. The van der Waals surface area contributed by atoms with Crippen molar-refractivity contribution in [3.8, 4) is 0 Å². The highest BCUT2D eigenvalue weighted by atomic mass is 16.3. The van der Waals surface area contributed by atoms with Crippen LogP contribution in [-0.4, -0.2) is 5.11 Å². The molecule has 9 heavy (non-hydrogen) atoms. The predicted octanol–water partition coefficient (Wildman–Crippen LogP) is 1.49. The van der Waals surface area contributed by atoms with Crippen molar-refractivity contribution in [3.63, 3.8) is 0 Å². The molecule has 1 aromatic rings. The lowest BCUT2D eigenvalue weighted by Gasteiger charge is -1.97. The summed E-state index contributed by atoms with van der Waals surface area (Å²) in [6, 6.07) is 6.86. The molecule has 0 aliphatic heterocycles. The summed E-state index contributed by atoms with van der Waals surface area (Å²) in [6.45, 7) is -0.450. The molecule has 1 heteroatoms. The van der Waals surface area contributed by atoms with Crippen LogP contribution in [0, 0.1) is 6.92 Å². The van der Waals surface area contributed by atoms with Gasteiger partial charge in [-0.05, 0) is 18.1 Å². The van der Waals surface area contributed by atoms with Gasteiger partial charge >= 0.3 is 0 Å². The van der Waals surface area contributed by atoms with Crippen molar-refractivity contribution in [3.05, 3.63) is 35.4 Å². The van der Waals surface area contributed by atoms with E-state index in [1.165, 1.54) is 0 Å². The zero-order chi connectivity index (χ0) is 8.48. The largest absolute Gasteiger partial charge is 0.392 e. The lowest BCUT2D eigenvalue weighted by Crippen LogP contribution is -1.85. The third-order valence-electron chi connectivity index (χ3n) is 1.27. The summed E-state index contributed by atoms with van der Waals surface area (Å²) < 4.78 is 14.1. The van der Waals surface area contributed by atoms with E-state index in [9.17, 15) is 0 Å². The summed E-state index contributed by atoms with van der Waals surface area (Å²) in [5.74, 6) is 0. The van der Waals surface area contributed by atoms with Crippen molar-refractivity contribution in [2.24, 2.45) is 0 Å². The molecule has 1 nitrogen and oxygen atoms in total. The normalized spacial score (nSPS) is 14.4. The second kappa shape index (κ2) is 2.65. The first-order valence-electron chi connectivity index (χ1n) is 3.80. The van der Waals surface area contributed by atoms with Gasteiger partial charge in [-0.1, -0.05) is 24.3 Å². The SMILES string of the molecule is [2H]C([2H])(O)c1ccccc1C. The van der Waals surface area contributed by atoms with E-state index in [1.807, 2.05) is 6.07 Å². The fourth-order valence-electron chi connectivity index (χ4n) is 0.698. The molecule has 0 atom stereocenters. The average molecular weight is 124 g/mol. The topological polar surface area (TPSA) is 20.2 Å². The summed E-state index contributed by atoms with van der Waals surface area (Å²) in [5.41, 5.74) is 1.10. The molecule has 1 N–H and O–H groups in total. The monoisotopic (exact) mass is 124 g/mol. The maximum absolute atomic E-state index is 9.00. The van der Waals surface area contributed by atoms with Gasteiger partial charge in [-0.15, -0.1) is 0 Å². The zero-order valence-corrected chi connectivity index (χ0v) is 5.26. The number of hydrogen-bond donors (Lipinski definition) is 1. The van der Waals surface area contributed by atoms with E-state index in [0.717, 1.165) is 5.56 Å². The Morgan fingerprint density at radius 1 is 1.56 bits per heavy atom. The Bertz CT molecular complexity index is 253. The summed E-state index contributed by atoms with van der Waals surface area (Å²) in [5, 5.41) is 9.00. The molecule has 0 radical (unpaired) electrons. The Morgan fingerprint density at radius 3 is 2.67 bits per heavy atom. The Morgan fingerprint density at radius 2 is 2.22 bits per heavy atom. The lowest BCUT2D eigenvalue weighted by atomic mass is 10.1. The van der Waals surface area contributed by atoms with E-state index in [1.54, 1.807) is 25.1 Å². The minimum atomic E-state index is -2.22. The molecule has 0 fully saturated rings. The molecular formula is C8H10O. The zero-order valence-electron chi connectivity index (χ0n) is 7.26.